The molecule has 0 atom stereocenters. The van der Waals surface area contributed by atoms with Crippen molar-refractivity contribution in [2.24, 2.45) is 0 Å². The van der Waals surface area contributed by atoms with E-state index in [4.69, 9.17) is 19.7 Å². The molecule has 0 saturated heterocycles. The molecule has 0 bridgehead atoms. The maximum atomic E-state index is 8.81. The van der Waals surface area contributed by atoms with Gasteiger partial charge in [0.25, 0.3) is 0 Å². The molecule has 0 unspecified atom stereocenters. The second-order valence-electron chi connectivity index (χ2n) is 0.523. The molecule has 0 rings (SSSR count). The van der Waals surface area contributed by atoms with Crippen LogP contribution in [-0.2, 0) is 9.59 Å². The fourth-order valence-electron chi connectivity index (χ4n) is 0. The summed E-state index contributed by atoms with van der Waals surface area (Å²) in [6.45, 7) is 0. The van der Waals surface area contributed by atoms with Crippen LogP contribution < -0.4 is 0 Å². The molecule has 40 valence electrons. The lowest BCUT2D eigenvalue weighted by atomic mass is 11.5. The van der Waals surface area contributed by atoms with Crippen molar-refractivity contribution in [2.45, 2.75) is 0 Å². The lowest BCUT2D eigenvalue weighted by Crippen LogP contribution is -1.79. The van der Waals surface area contributed by atoms with E-state index in [1.807, 2.05) is 0 Å². The summed E-state index contributed by atoms with van der Waals surface area (Å²) in [5.41, 5.74) is 0. The Morgan fingerprint density at radius 2 is 1.57 bits per heavy atom. The summed E-state index contributed by atoms with van der Waals surface area (Å²) in [4.78, 5) is 24.6. The van der Waals surface area contributed by atoms with Crippen molar-refractivity contribution in [1.82, 2.24) is 0 Å². The molecule has 0 N–H and O–H groups in total. The first-order chi connectivity index (χ1) is 3.15. The van der Waals surface area contributed by atoms with Crippen LogP contribution in [0.5, 0.6) is 0 Å². The van der Waals surface area contributed by atoms with Gasteiger partial charge in [0.05, 0.1) is 0 Å². The quantitative estimate of drug-likeness (QED) is 0.301. The van der Waals surface area contributed by atoms with Gasteiger partial charge in [-0.3, -0.25) is 10.1 Å². The van der Waals surface area contributed by atoms with Crippen molar-refractivity contribution in [3.8, 4) is 0 Å². The third kappa shape index (κ3) is 24.8. The van der Waals surface area contributed by atoms with Crippen molar-refractivity contribution < 1.29 is 14.5 Å². The zero-order valence-corrected chi connectivity index (χ0v) is 3.58. The minimum Gasteiger partial charge on any atom is -0.265 e. The number of rotatable bonds is 0. The minimum absolute atomic E-state index is 0.250. The van der Waals surface area contributed by atoms with Gasteiger partial charge in [0.2, 0.25) is 0 Å². The molecule has 0 heterocycles. The van der Waals surface area contributed by atoms with Gasteiger partial charge in [-0.25, -0.2) is 0 Å². The van der Waals surface area contributed by atoms with E-state index < -0.39 is 4.92 Å². The fraction of sp³-hybridized carbons (Fsp3) is 0.500. The summed E-state index contributed by atoms with van der Waals surface area (Å²) in [6, 6.07) is 0. The molecule has 0 amide bonds. The predicted molar refractivity (Wildman–Crippen MR) is 17.9 cm³/mol. The van der Waals surface area contributed by atoms with Gasteiger partial charge < -0.3 is 0 Å². The van der Waals surface area contributed by atoms with E-state index in [0.29, 0.717) is 0 Å². The average molecular weight is 105 g/mol. The molecule has 0 aliphatic rings. The molecular formula is C2H3NO4. The smallest absolute Gasteiger partial charge is 0.265 e. The lowest BCUT2D eigenvalue weighted by Gasteiger charge is -1.63. The number of nitrogens with zero attached hydrogens (tertiary/aromatic N) is 1. The van der Waals surface area contributed by atoms with Gasteiger partial charge in [-0.15, -0.1) is 0 Å². The fourth-order valence-corrected chi connectivity index (χ4v) is 0. The summed E-state index contributed by atoms with van der Waals surface area (Å²) in [5, 5.41) is 8.81. The second kappa shape index (κ2) is 8.84. The van der Waals surface area contributed by atoms with Crippen LogP contribution in [0.25, 0.3) is 0 Å². The molecular weight excluding hydrogens is 102 g/mol. The first-order valence-corrected chi connectivity index (χ1v) is 1.22. The Kier molecular flexibility index (Phi) is 11.7. The lowest BCUT2D eigenvalue weighted by molar-refractivity contribution is -0.445. The number of hydrogen-bond donors (Lipinski definition) is 0. The Bertz CT molecular complexity index is 77.7. The second-order valence-corrected chi connectivity index (χ2v) is 0.523. The SMILES string of the molecule is C[N+](=O)[O-].O=C=O. The first-order valence-electron chi connectivity index (χ1n) is 1.22. The average Bonchev–Trinajstić information content (AvgIpc) is 1.33. The number of hydrogen-bond acceptors (Lipinski definition) is 4. The van der Waals surface area contributed by atoms with Gasteiger partial charge in [-0.05, 0) is 0 Å². The monoisotopic (exact) mass is 105 g/mol. The first kappa shape index (κ1) is 9.24. The van der Waals surface area contributed by atoms with E-state index in [0.717, 1.165) is 7.05 Å². The molecule has 0 saturated carbocycles. The largest absolute Gasteiger partial charge is 0.373 e. The number of nitro groups is 1. The molecule has 0 fully saturated rings. The van der Waals surface area contributed by atoms with Crippen molar-refractivity contribution in [3.05, 3.63) is 10.1 Å². The third-order valence-electron chi connectivity index (χ3n) is 0. The predicted octanol–water partition coefficient (Wildman–Crippen LogP) is -0.691. The van der Waals surface area contributed by atoms with E-state index >= 15 is 0 Å². The van der Waals surface area contributed by atoms with E-state index in [1.54, 1.807) is 0 Å². The summed E-state index contributed by atoms with van der Waals surface area (Å²) in [7, 11) is 0.889. The van der Waals surface area contributed by atoms with Crippen LogP contribution in [0.1, 0.15) is 0 Å². The summed E-state index contributed by atoms with van der Waals surface area (Å²) in [5.74, 6) is 0. The molecule has 0 radical (unpaired) electrons. The summed E-state index contributed by atoms with van der Waals surface area (Å²) >= 11 is 0. The van der Waals surface area contributed by atoms with E-state index in [9.17, 15) is 0 Å². The molecule has 5 heteroatoms. The highest BCUT2D eigenvalue weighted by molar-refractivity contribution is 5.20. The zero-order valence-electron chi connectivity index (χ0n) is 3.58. The number of carbonyl (C=O) groups excluding carboxylic acids is 2. The van der Waals surface area contributed by atoms with E-state index in [-0.39, 0.29) is 6.15 Å². The van der Waals surface area contributed by atoms with Crippen molar-refractivity contribution in [3.63, 3.8) is 0 Å². The van der Waals surface area contributed by atoms with Crippen LogP contribution in [0.4, 0.5) is 0 Å². The van der Waals surface area contributed by atoms with Crippen molar-refractivity contribution in [1.29, 1.82) is 0 Å². The maximum absolute atomic E-state index is 8.81. The van der Waals surface area contributed by atoms with Crippen molar-refractivity contribution >= 4 is 6.15 Å². The van der Waals surface area contributed by atoms with Crippen LogP contribution in [0.2, 0.25) is 0 Å². The third-order valence-corrected chi connectivity index (χ3v) is 0. The molecule has 7 heavy (non-hydrogen) atoms. The standard InChI is InChI=1S/CH3NO2.CO2/c1-2(3)4;2-1-3/h1H3;. The molecule has 0 aromatic heterocycles. The molecule has 0 aliphatic carbocycles. The normalized spacial score (nSPS) is 4.71. The van der Waals surface area contributed by atoms with Gasteiger partial charge in [-0.2, -0.15) is 9.59 Å². The molecule has 0 aromatic carbocycles. The molecule has 0 aromatic rings. The van der Waals surface area contributed by atoms with Crippen LogP contribution >= 0.6 is 0 Å². The van der Waals surface area contributed by atoms with Gasteiger partial charge in [0.1, 0.15) is 0 Å². The summed E-state index contributed by atoms with van der Waals surface area (Å²) in [6.07, 6.45) is 0.250. The van der Waals surface area contributed by atoms with Gasteiger partial charge in [0.15, 0.2) is 7.05 Å². The van der Waals surface area contributed by atoms with Gasteiger partial charge in [-0.1, -0.05) is 0 Å². The molecule has 5 nitrogen and oxygen atoms in total. The Balaban J connectivity index is 0. The molecule has 0 spiro atoms. The van der Waals surface area contributed by atoms with E-state index in [1.165, 1.54) is 0 Å². The van der Waals surface area contributed by atoms with Crippen LogP contribution in [0.3, 0.4) is 0 Å². The van der Waals surface area contributed by atoms with Crippen molar-refractivity contribution in [2.75, 3.05) is 7.05 Å². The highest BCUT2D eigenvalue weighted by atomic mass is 16.6. The van der Waals surface area contributed by atoms with Gasteiger partial charge in [0, 0.05) is 4.92 Å². The Morgan fingerprint density at radius 3 is 1.57 bits per heavy atom. The maximum Gasteiger partial charge on any atom is 0.373 e. The van der Waals surface area contributed by atoms with Gasteiger partial charge >= 0.3 is 6.15 Å². The zero-order chi connectivity index (χ0) is 6.28. The van der Waals surface area contributed by atoms with Crippen LogP contribution in [0.15, 0.2) is 0 Å². The molecule has 0 aliphatic heterocycles. The minimum atomic E-state index is -0.500. The highest BCUT2D eigenvalue weighted by Gasteiger charge is 1.57. The van der Waals surface area contributed by atoms with Crippen LogP contribution in [-0.4, -0.2) is 18.1 Å². The Morgan fingerprint density at radius 1 is 1.57 bits per heavy atom. The van der Waals surface area contributed by atoms with Crippen LogP contribution in [0, 0.1) is 10.1 Å². The topological polar surface area (TPSA) is 77.3 Å². The van der Waals surface area contributed by atoms with E-state index in [2.05, 4.69) is 0 Å². The highest BCUT2D eigenvalue weighted by Crippen LogP contribution is 1.39. The Labute approximate surface area is 39.1 Å². The Hall–Kier alpha value is -1.22. The summed E-state index contributed by atoms with van der Waals surface area (Å²) < 4.78 is 0.